The third-order valence-corrected chi connectivity index (χ3v) is 4.62. The summed E-state index contributed by atoms with van der Waals surface area (Å²) in [6.45, 7) is 6.49. The number of hydrogen-bond acceptors (Lipinski definition) is 2. The molecule has 0 radical (unpaired) electrons. The van der Waals surface area contributed by atoms with E-state index in [1.807, 2.05) is 32.9 Å². The summed E-state index contributed by atoms with van der Waals surface area (Å²) in [6.07, 6.45) is 7.30. The summed E-state index contributed by atoms with van der Waals surface area (Å²) in [7, 11) is 0. The summed E-state index contributed by atoms with van der Waals surface area (Å²) in [5.41, 5.74) is 1.22. The monoisotopic (exact) mass is 316 g/mol. The second kappa shape index (κ2) is 8.14. The van der Waals surface area contributed by atoms with Crippen molar-refractivity contribution in [1.82, 2.24) is 9.55 Å². The van der Waals surface area contributed by atoms with E-state index in [0.29, 0.717) is 23.4 Å². The number of rotatable bonds is 3. The Morgan fingerprint density at radius 3 is 2.52 bits per heavy atom. The number of benzene rings is 1. The van der Waals surface area contributed by atoms with Crippen LogP contribution in [0.1, 0.15) is 57.9 Å². The first-order valence-corrected chi connectivity index (χ1v) is 8.88. The van der Waals surface area contributed by atoms with Crippen molar-refractivity contribution in [2.75, 3.05) is 0 Å². The standard InChI is InChI=1S/C17H22N2O2.C2H6/c1-12-7-8-15-14(11-12)16(20)19(17(21)18-15)10-9-13-5-3-2-4-6-13;1-2/h7-8,11,13H,2-6,9-10H2,1H3,(H,18,21);1-2H3. The SMILES string of the molecule is CC.Cc1ccc2[nH]c(=O)n(CCC3CCCCC3)c(=O)c2c1. The molecule has 0 bridgehead atoms. The molecule has 0 spiro atoms. The first kappa shape index (κ1) is 17.5. The number of aromatic nitrogens is 2. The molecule has 1 aromatic heterocycles. The maximum atomic E-state index is 12.5. The van der Waals surface area contributed by atoms with Gasteiger partial charge in [0, 0.05) is 6.54 Å². The zero-order chi connectivity index (χ0) is 16.8. The first-order valence-electron chi connectivity index (χ1n) is 8.88. The second-order valence-corrected chi connectivity index (χ2v) is 6.23. The van der Waals surface area contributed by atoms with Gasteiger partial charge in [0.1, 0.15) is 0 Å². The molecule has 4 nitrogen and oxygen atoms in total. The van der Waals surface area contributed by atoms with Crippen LogP contribution < -0.4 is 11.2 Å². The molecule has 2 aromatic rings. The van der Waals surface area contributed by atoms with Gasteiger partial charge in [-0.15, -0.1) is 0 Å². The van der Waals surface area contributed by atoms with Gasteiger partial charge < -0.3 is 4.98 Å². The van der Waals surface area contributed by atoms with Crippen molar-refractivity contribution in [3.05, 3.63) is 44.6 Å². The molecule has 1 aliphatic carbocycles. The van der Waals surface area contributed by atoms with Gasteiger partial charge in [0.05, 0.1) is 10.9 Å². The molecule has 1 fully saturated rings. The van der Waals surface area contributed by atoms with Crippen LogP contribution in [0, 0.1) is 12.8 Å². The van der Waals surface area contributed by atoms with Crippen LogP contribution in [0.15, 0.2) is 27.8 Å². The Labute approximate surface area is 137 Å². The van der Waals surface area contributed by atoms with Crippen LogP contribution in [0.25, 0.3) is 10.9 Å². The Bertz CT molecular complexity index is 752. The molecule has 1 aliphatic rings. The Morgan fingerprint density at radius 1 is 1.13 bits per heavy atom. The van der Waals surface area contributed by atoms with Crippen molar-refractivity contribution in [3.8, 4) is 0 Å². The lowest BCUT2D eigenvalue weighted by Gasteiger charge is -2.21. The van der Waals surface area contributed by atoms with Crippen LogP contribution >= 0.6 is 0 Å². The normalized spacial score (nSPS) is 15.3. The third kappa shape index (κ3) is 4.12. The topological polar surface area (TPSA) is 54.9 Å². The van der Waals surface area contributed by atoms with Crippen LogP contribution in [-0.2, 0) is 6.54 Å². The van der Waals surface area contributed by atoms with Crippen LogP contribution in [0.4, 0.5) is 0 Å². The van der Waals surface area contributed by atoms with Crippen LogP contribution in [0.5, 0.6) is 0 Å². The second-order valence-electron chi connectivity index (χ2n) is 6.23. The predicted octanol–water partition coefficient (Wildman–Crippen LogP) is 3.99. The van der Waals surface area contributed by atoms with Crippen LogP contribution in [0.2, 0.25) is 0 Å². The molecule has 4 heteroatoms. The highest BCUT2D eigenvalue weighted by Gasteiger charge is 2.15. The van der Waals surface area contributed by atoms with E-state index in [2.05, 4.69) is 4.98 Å². The fourth-order valence-electron chi connectivity index (χ4n) is 3.35. The lowest BCUT2D eigenvalue weighted by atomic mass is 9.87. The van der Waals surface area contributed by atoms with Gasteiger partial charge in [-0.25, -0.2) is 4.79 Å². The molecule has 0 unspecified atom stereocenters. The smallest absolute Gasteiger partial charge is 0.307 e. The van der Waals surface area contributed by atoms with E-state index in [0.717, 1.165) is 12.0 Å². The lowest BCUT2D eigenvalue weighted by Crippen LogP contribution is -2.35. The van der Waals surface area contributed by atoms with Gasteiger partial charge in [0.2, 0.25) is 0 Å². The summed E-state index contributed by atoms with van der Waals surface area (Å²) >= 11 is 0. The van der Waals surface area contributed by atoms with Gasteiger partial charge in [0.25, 0.3) is 5.56 Å². The minimum Gasteiger partial charge on any atom is -0.307 e. The quantitative estimate of drug-likeness (QED) is 0.930. The van der Waals surface area contributed by atoms with E-state index in [1.54, 1.807) is 6.07 Å². The van der Waals surface area contributed by atoms with Crippen molar-refractivity contribution in [2.45, 2.75) is 65.8 Å². The summed E-state index contributed by atoms with van der Waals surface area (Å²) in [5.74, 6) is 0.665. The van der Waals surface area contributed by atoms with E-state index in [9.17, 15) is 9.59 Å². The molecule has 23 heavy (non-hydrogen) atoms. The van der Waals surface area contributed by atoms with Crippen LogP contribution in [-0.4, -0.2) is 9.55 Å². The largest absolute Gasteiger partial charge is 0.328 e. The summed E-state index contributed by atoms with van der Waals surface area (Å²) < 4.78 is 1.37. The minimum atomic E-state index is -0.285. The van der Waals surface area contributed by atoms with E-state index in [1.165, 1.54) is 36.7 Å². The number of H-pyrrole nitrogens is 1. The lowest BCUT2D eigenvalue weighted by molar-refractivity contribution is 0.321. The number of aromatic amines is 1. The molecular weight excluding hydrogens is 288 g/mol. The molecule has 3 rings (SSSR count). The molecule has 0 amide bonds. The highest BCUT2D eigenvalue weighted by molar-refractivity contribution is 5.77. The number of aryl methyl sites for hydroxylation is 1. The zero-order valence-electron chi connectivity index (χ0n) is 14.5. The Hall–Kier alpha value is -1.84. The van der Waals surface area contributed by atoms with E-state index in [-0.39, 0.29) is 11.2 Å². The maximum absolute atomic E-state index is 12.5. The van der Waals surface area contributed by atoms with Gasteiger partial charge >= 0.3 is 5.69 Å². The van der Waals surface area contributed by atoms with Crippen molar-refractivity contribution in [3.63, 3.8) is 0 Å². The van der Waals surface area contributed by atoms with Crippen molar-refractivity contribution in [1.29, 1.82) is 0 Å². The van der Waals surface area contributed by atoms with Gasteiger partial charge in [-0.2, -0.15) is 0 Å². The molecule has 0 aliphatic heterocycles. The molecule has 1 heterocycles. The number of fused-ring (bicyclic) bond motifs is 1. The Morgan fingerprint density at radius 2 is 1.83 bits per heavy atom. The summed E-state index contributed by atoms with van der Waals surface area (Å²) in [6, 6.07) is 5.56. The zero-order valence-corrected chi connectivity index (χ0v) is 14.5. The predicted molar refractivity (Wildman–Crippen MR) is 96.1 cm³/mol. The highest BCUT2D eigenvalue weighted by Crippen LogP contribution is 2.26. The van der Waals surface area contributed by atoms with Crippen molar-refractivity contribution >= 4 is 10.9 Å². The first-order chi connectivity index (χ1) is 11.1. The molecule has 0 saturated heterocycles. The molecule has 126 valence electrons. The van der Waals surface area contributed by atoms with Gasteiger partial charge in [0.15, 0.2) is 0 Å². The van der Waals surface area contributed by atoms with E-state index in [4.69, 9.17) is 0 Å². The Kier molecular flexibility index (Phi) is 6.20. The number of nitrogens with zero attached hydrogens (tertiary/aromatic N) is 1. The average molecular weight is 316 g/mol. The van der Waals surface area contributed by atoms with Crippen molar-refractivity contribution in [2.24, 2.45) is 5.92 Å². The Balaban J connectivity index is 0.000000924. The van der Waals surface area contributed by atoms with Gasteiger partial charge in [-0.3, -0.25) is 9.36 Å². The van der Waals surface area contributed by atoms with Gasteiger partial charge in [-0.05, 0) is 31.4 Å². The summed E-state index contributed by atoms with van der Waals surface area (Å²) in [4.78, 5) is 27.5. The fraction of sp³-hybridized carbons (Fsp3) is 0.579. The number of nitrogens with one attached hydrogen (secondary N) is 1. The molecular formula is C19H28N2O2. The van der Waals surface area contributed by atoms with E-state index >= 15 is 0 Å². The van der Waals surface area contributed by atoms with Crippen molar-refractivity contribution < 1.29 is 0 Å². The van der Waals surface area contributed by atoms with Crippen LogP contribution in [0.3, 0.4) is 0 Å². The van der Waals surface area contributed by atoms with Gasteiger partial charge in [-0.1, -0.05) is 57.6 Å². The summed E-state index contributed by atoms with van der Waals surface area (Å²) in [5, 5.41) is 0.609. The number of hydrogen-bond donors (Lipinski definition) is 1. The average Bonchev–Trinajstić information content (AvgIpc) is 2.58. The molecule has 1 N–H and O–H groups in total. The highest BCUT2D eigenvalue weighted by atomic mass is 16.2. The maximum Gasteiger partial charge on any atom is 0.328 e. The molecule has 1 aromatic carbocycles. The van der Waals surface area contributed by atoms with E-state index < -0.39 is 0 Å². The fourth-order valence-corrected chi connectivity index (χ4v) is 3.35. The molecule has 0 atom stereocenters. The molecule has 1 saturated carbocycles. The third-order valence-electron chi connectivity index (χ3n) is 4.62. The minimum absolute atomic E-state index is 0.159.